The molecule has 0 fully saturated rings. The molecule has 0 aliphatic heterocycles. The lowest BCUT2D eigenvalue weighted by Crippen LogP contribution is -2.27. The number of carbonyl (C=O) groups excluding carboxylic acids is 1. The number of carbonyl (C=O) groups is 1. The van der Waals surface area contributed by atoms with Crippen LogP contribution in [0.25, 0.3) is 6.08 Å². The number of hydrogen-bond acceptors (Lipinski definition) is 3. The van der Waals surface area contributed by atoms with Crippen molar-refractivity contribution in [2.75, 3.05) is 0 Å². The largest absolute Gasteiger partial charge is 0.488 e. The van der Waals surface area contributed by atoms with E-state index in [1.165, 1.54) is 0 Å². The minimum absolute atomic E-state index is 0.0107. The summed E-state index contributed by atoms with van der Waals surface area (Å²) in [5.41, 5.74) is 2.56. The molecule has 150 valence electrons. The number of hydrogen-bond donors (Lipinski definition) is 1. The molecule has 0 aliphatic carbocycles. The molecule has 0 aromatic heterocycles. The van der Waals surface area contributed by atoms with Crippen molar-refractivity contribution < 1.29 is 9.53 Å². The Labute approximate surface area is 181 Å². The Morgan fingerprint density at radius 1 is 1.10 bits per heavy atom. The van der Waals surface area contributed by atoms with Gasteiger partial charge in [-0.1, -0.05) is 72.3 Å². The maximum absolute atomic E-state index is 12.6. The first kappa shape index (κ1) is 21.2. The second-order valence-corrected chi connectivity index (χ2v) is 7.17. The van der Waals surface area contributed by atoms with Crippen molar-refractivity contribution in [3.63, 3.8) is 0 Å². The molecule has 30 heavy (non-hydrogen) atoms. The van der Waals surface area contributed by atoms with E-state index in [1.54, 1.807) is 24.3 Å². The van der Waals surface area contributed by atoms with Crippen LogP contribution in [0, 0.1) is 11.3 Å². The maximum Gasteiger partial charge on any atom is 0.262 e. The lowest BCUT2D eigenvalue weighted by atomic mass is 10.1. The highest BCUT2D eigenvalue weighted by atomic mass is 35.5. The molecular weight excluding hydrogens is 396 g/mol. The van der Waals surface area contributed by atoms with E-state index in [0.29, 0.717) is 22.9 Å². The van der Waals surface area contributed by atoms with Crippen molar-refractivity contribution in [1.29, 1.82) is 5.26 Å². The van der Waals surface area contributed by atoms with Gasteiger partial charge >= 0.3 is 0 Å². The van der Waals surface area contributed by atoms with Crippen LogP contribution in [0.5, 0.6) is 5.75 Å². The van der Waals surface area contributed by atoms with Gasteiger partial charge in [0.25, 0.3) is 5.91 Å². The van der Waals surface area contributed by atoms with E-state index in [2.05, 4.69) is 5.32 Å². The van der Waals surface area contributed by atoms with Crippen LogP contribution in [0.4, 0.5) is 0 Å². The fraction of sp³-hybridized carbons (Fsp3) is 0.120. The Morgan fingerprint density at radius 2 is 1.83 bits per heavy atom. The van der Waals surface area contributed by atoms with Gasteiger partial charge in [-0.25, -0.2) is 0 Å². The first-order valence-electron chi connectivity index (χ1n) is 9.50. The zero-order chi connectivity index (χ0) is 21.3. The number of ether oxygens (including phenoxy) is 1. The van der Waals surface area contributed by atoms with Gasteiger partial charge in [-0.2, -0.15) is 5.26 Å². The molecule has 3 aromatic rings. The van der Waals surface area contributed by atoms with Gasteiger partial charge in [-0.15, -0.1) is 0 Å². The van der Waals surface area contributed by atoms with E-state index in [1.807, 2.05) is 73.7 Å². The van der Waals surface area contributed by atoms with Crippen molar-refractivity contribution in [3.8, 4) is 11.8 Å². The van der Waals surface area contributed by atoms with Crippen molar-refractivity contribution in [2.45, 2.75) is 19.6 Å². The molecule has 0 saturated heterocycles. The number of para-hydroxylation sites is 1. The summed E-state index contributed by atoms with van der Waals surface area (Å²) in [4.78, 5) is 12.6. The van der Waals surface area contributed by atoms with Crippen LogP contribution in [-0.4, -0.2) is 5.91 Å². The van der Waals surface area contributed by atoms with Crippen LogP contribution < -0.4 is 10.1 Å². The van der Waals surface area contributed by atoms with Gasteiger partial charge in [-0.3, -0.25) is 4.79 Å². The molecule has 5 heteroatoms. The zero-order valence-electron chi connectivity index (χ0n) is 16.5. The quantitative estimate of drug-likeness (QED) is 0.396. The molecule has 3 rings (SSSR count). The normalized spacial score (nSPS) is 12.0. The summed E-state index contributed by atoms with van der Waals surface area (Å²) in [5, 5.41) is 13.0. The fourth-order valence-electron chi connectivity index (χ4n) is 2.92. The maximum atomic E-state index is 12.6. The van der Waals surface area contributed by atoms with E-state index in [9.17, 15) is 10.1 Å². The van der Waals surface area contributed by atoms with E-state index in [0.717, 1.165) is 11.1 Å². The fourth-order valence-corrected chi connectivity index (χ4v) is 3.14. The Balaban J connectivity index is 1.75. The number of nitrogens with one attached hydrogen (secondary N) is 1. The van der Waals surface area contributed by atoms with Crippen molar-refractivity contribution in [3.05, 3.63) is 106 Å². The third-order valence-corrected chi connectivity index (χ3v) is 4.75. The van der Waals surface area contributed by atoms with Crippen LogP contribution in [0.3, 0.4) is 0 Å². The van der Waals surface area contributed by atoms with Crippen LogP contribution in [0.15, 0.2) is 84.4 Å². The molecule has 0 unspecified atom stereocenters. The topological polar surface area (TPSA) is 62.1 Å². The summed E-state index contributed by atoms with van der Waals surface area (Å²) in [5.74, 6) is 0.146. The Hall–Kier alpha value is -3.55. The lowest BCUT2D eigenvalue weighted by molar-refractivity contribution is -0.117. The summed E-state index contributed by atoms with van der Waals surface area (Å²) in [6.45, 7) is 2.20. The summed E-state index contributed by atoms with van der Waals surface area (Å²) in [6.07, 6.45) is 1.54. The van der Waals surface area contributed by atoms with Crippen LogP contribution in [-0.2, 0) is 11.4 Å². The summed E-state index contributed by atoms with van der Waals surface area (Å²) < 4.78 is 5.91. The van der Waals surface area contributed by atoms with Crippen molar-refractivity contribution in [2.24, 2.45) is 0 Å². The number of rotatable bonds is 7. The van der Waals surface area contributed by atoms with Gasteiger partial charge in [0, 0.05) is 10.6 Å². The number of nitrogens with zero attached hydrogens (tertiary/aromatic N) is 1. The summed E-state index contributed by atoms with van der Waals surface area (Å²) in [7, 11) is 0. The predicted octanol–water partition coefficient (Wildman–Crippen LogP) is 5.70. The van der Waals surface area contributed by atoms with Crippen LogP contribution >= 0.6 is 11.6 Å². The first-order valence-corrected chi connectivity index (χ1v) is 9.88. The van der Waals surface area contributed by atoms with E-state index < -0.39 is 5.91 Å². The van der Waals surface area contributed by atoms with Gasteiger partial charge in [0.15, 0.2) is 0 Å². The molecule has 0 radical (unpaired) electrons. The highest BCUT2D eigenvalue weighted by Gasteiger charge is 2.14. The molecule has 0 bridgehead atoms. The van der Waals surface area contributed by atoms with E-state index in [4.69, 9.17) is 16.3 Å². The third-order valence-electron chi connectivity index (χ3n) is 4.51. The Morgan fingerprint density at radius 3 is 2.57 bits per heavy atom. The Kier molecular flexibility index (Phi) is 7.26. The number of amides is 1. The predicted molar refractivity (Wildman–Crippen MR) is 119 cm³/mol. The third kappa shape index (κ3) is 5.73. The average molecular weight is 417 g/mol. The number of benzene rings is 3. The zero-order valence-corrected chi connectivity index (χ0v) is 17.3. The summed E-state index contributed by atoms with van der Waals surface area (Å²) >= 11 is 6.02. The van der Waals surface area contributed by atoms with Crippen LogP contribution in [0.2, 0.25) is 5.02 Å². The van der Waals surface area contributed by atoms with Gasteiger partial charge in [0.1, 0.15) is 24.0 Å². The highest BCUT2D eigenvalue weighted by Crippen LogP contribution is 2.23. The standard InChI is InChI=1S/C25H21ClN2O2/c1-18(20-9-3-2-4-10-20)28-25(29)22(16-27)15-21-11-5-6-13-24(21)30-17-19-8-7-12-23(26)14-19/h2-15,18H,17H2,1H3,(H,28,29)/b22-15+/t18-/m0/s1. The monoisotopic (exact) mass is 416 g/mol. The van der Waals surface area contributed by atoms with Crippen molar-refractivity contribution in [1.82, 2.24) is 5.32 Å². The minimum atomic E-state index is -0.432. The Bertz CT molecular complexity index is 1090. The number of nitriles is 1. The molecule has 4 nitrogen and oxygen atoms in total. The van der Waals surface area contributed by atoms with Crippen LogP contribution in [0.1, 0.15) is 29.7 Å². The average Bonchev–Trinajstić information content (AvgIpc) is 2.77. The molecule has 3 aromatic carbocycles. The molecule has 0 aliphatic rings. The molecule has 1 amide bonds. The highest BCUT2D eigenvalue weighted by molar-refractivity contribution is 6.30. The molecule has 0 saturated carbocycles. The molecule has 0 spiro atoms. The van der Waals surface area contributed by atoms with Crippen molar-refractivity contribution >= 4 is 23.6 Å². The molecule has 1 atom stereocenters. The smallest absolute Gasteiger partial charge is 0.262 e. The number of halogens is 1. The second-order valence-electron chi connectivity index (χ2n) is 6.73. The molecule has 0 heterocycles. The second kappa shape index (κ2) is 10.3. The first-order chi connectivity index (χ1) is 14.6. The van der Waals surface area contributed by atoms with E-state index >= 15 is 0 Å². The van der Waals surface area contributed by atoms with Gasteiger partial charge in [0.05, 0.1) is 6.04 Å². The SMILES string of the molecule is C[C@H](NC(=O)/C(C#N)=C/c1ccccc1OCc1cccc(Cl)c1)c1ccccc1. The van der Waals surface area contributed by atoms with Gasteiger partial charge in [-0.05, 0) is 42.3 Å². The minimum Gasteiger partial charge on any atom is -0.488 e. The van der Waals surface area contributed by atoms with Gasteiger partial charge < -0.3 is 10.1 Å². The molecular formula is C25H21ClN2O2. The molecule has 1 N–H and O–H groups in total. The lowest BCUT2D eigenvalue weighted by Gasteiger charge is -2.14. The summed E-state index contributed by atoms with van der Waals surface area (Å²) in [6, 6.07) is 26.1. The van der Waals surface area contributed by atoms with E-state index in [-0.39, 0.29) is 11.6 Å². The van der Waals surface area contributed by atoms with Gasteiger partial charge in [0.2, 0.25) is 0 Å².